The first-order chi connectivity index (χ1) is 12.8. The number of benzene rings is 1. The van der Waals surface area contributed by atoms with E-state index in [0.717, 1.165) is 18.4 Å². The normalized spacial score (nSPS) is 23.1. The first kappa shape index (κ1) is 19.1. The van der Waals surface area contributed by atoms with Crippen molar-refractivity contribution in [3.8, 4) is 5.75 Å². The van der Waals surface area contributed by atoms with E-state index < -0.39 is 17.5 Å². The molecular formula is C19H24FN3O4. The summed E-state index contributed by atoms with van der Waals surface area (Å²) in [6, 6.07) is 4.38. The summed E-state index contributed by atoms with van der Waals surface area (Å²) in [6.07, 6.45) is 2.03. The molecule has 1 unspecified atom stereocenters. The van der Waals surface area contributed by atoms with Crippen LogP contribution in [0, 0.1) is 5.82 Å². The van der Waals surface area contributed by atoms with Crippen molar-refractivity contribution in [3.05, 3.63) is 29.6 Å². The van der Waals surface area contributed by atoms with Crippen LogP contribution >= 0.6 is 0 Å². The summed E-state index contributed by atoms with van der Waals surface area (Å²) in [6.45, 7) is 2.84. The lowest BCUT2D eigenvalue weighted by Gasteiger charge is -2.33. The van der Waals surface area contributed by atoms with Crippen LogP contribution in [0.4, 0.5) is 9.18 Å². The lowest BCUT2D eigenvalue weighted by atomic mass is 9.89. The van der Waals surface area contributed by atoms with Gasteiger partial charge in [-0.15, -0.1) is 0 Å². The SMILES string of the molecule is COc1cc(C2CCN(C(=O)CCC3(C)NC(=O)NC3=O)CC2)ccc1F. The molecule has 1 aromatic carbocycles. The quantitative estimate of drug-likeness (QED) is 0.768. The van der Waals surface area contributed by atoms with Crippen molar-refractivity contribution >= 4 is 17.8 Å². The first-order valence-corrected chi connectivity index (χ1v) is 9.07. The van der Waals surface area contributed by atoms with E-state index in [-0.39, 0.29) is 36.2 Å². The van der Waals surface area contributed by atoms with E-state index in [1.165, 1.54) is 13.2 Å². The zero-order chi connectivity index (χ0) is 19.6. The van der Waals surface area contributed by atoms with Gasteiger partial charge < -0.3 is 15.0 Å². The maximum atomic E-state index is 13.6. The number of piperidine rings is 1. The second-order valence-electron chi connectivity index (χ2n) is 7.29. The van der Waals surface area contributed by atoms with Gasteiger partial charge in [0.05, 0.1) is 7.11 Å². The van der Waals surface area contributed by atoms with E-state index in [4.69, 9.17) is 4.74 Å². The van der Waals surface area contributed by atoms with Crippen LogP contribution < -0.4 is 15.4 Å². The first-order valence-electron chi connectivity index (χ1n) is 9.07. The summed E-state index contributed by atoms with van der Waals surface area (Å²) >= 11 is 0. The molecule has 4 amide bonds. The predicted molar refractivity (Wildman–Crippen MR) is 95.8 cm³/mol. The number of halogens is 1. The molecule has 7 nitrogen and oxygen atoms in total. The van der Waals surface area contributed by atoms with Crippen molar-refractivity contribution in [2.24, 2.45) is 0 Å². The summed E-state index contributed by atoms with van der Waals surface area (Å²) in [5.41, 5.74) is -0.0198. The fourth-order valence-corrected chi connectivity index (χ4v) is 3.66. The van der Waals surface area contributed by atoms with E-state index in [2.05, 4.69) is 10.6 Å². The molecule has 0 bridgehead atoms. The molecule has 3 rings (SSSR count). The molecule has 2 aliphatic rings. The van der Waals surface area contributed by atoms with E-state index in [1.807, 2.05) is 0 Å². The van der Waals surface area contributed by atoms with Crippen molar-refractivity contribution in [1.82, 2.24) is 15.5 Å². The van der Waals surface area contributed by atoms with Crippen molar-refractivity contribution in [2.45, 2.75) is 44.1 Å². The number of nitrogens with one attached hydrogen (secondary N) is 2. The number of likely N-dealkylation sites (tertiary alicyclic amines) is 1. The number of ether oxygens (including phenoxy) is 1. The largest absolute Gasteiger partial charge is 0.494 e. The number of carbonyl (C=O) groups is 3. The lowest BCUT2D eigenvalue weighted by Crippen LogP contribution is -2.45. The van der Waals surface area contributed by atoms with Crippen LogP contribution in [-0.4, -0.2) is 48.5 Å². The van der Waals surface area contributed by atoms with Gasteiger partial charge in [0.2, 0.25) is 5.91 Å². The molecule has 8 heteroatoms. The van der Waals surface area contributed by atoms with Gasteiger partial charge in [0.15, 0.2) is 11.6 Å². The van der Waals surface area contributed by atoms with Crippen LogP contribution in [0.2, 0.25) is 0 Å². The minimum Gasteiger partial charge on any atom is -0.494 e. The Morgan fingerprint density at radius 3 is 2.63 bits per heavy atom. The number of urea groups is 1. The van der Waals surface area contributed by atoms with Gasteiger partial charge in [-0.05, 0) is 49.8 Å². The van der Waals surface area contributed by atoms with E-state index in [0.29, 0.717) is 13.1 Å². The summed E-state index contributed by atoms with van der Waals surface area (Å²) in [5, 5.41) is 4.77. The minimum absolute atomic E-state index is 0.0275. The third-order valence-electron chi connectivity index (χ3n) is 5.45. The van der Waals surface area contributed by atoms with Gasteiger partial charge in [-0.25, -0.2) is 9.18 Å². The van der Waals surface area contributed by atoms with Crippen molar-refractivity contribution < 1.29 is 23.5 Å². The van der Waals surface area contributed by atoms with Gasteiger partial charge in [-0.3, -0.25) is 14.9 Å². The van der Waals surface area contributed by atoms with Gasteiger partial charge >= 0.3 is 6.03 Å². The Balaban J connectivity index is 1.52. The third-order valence-corrected chi connectivity index (χ3v) is 5.45. The Bertz CT molecular complexity index is 761. The van der Waals surface area contributed by atoms with Crippen molar-refractivity contribution in [2.75, 3.05) is 20.2 Å². The molecule has 2 N–H and O–H groups in total. The van der Waals surface area contributed by atoms with Crippen LogP contribution in [-0.2, 0) is 9.59 Å². The Labute approximate surface area is 157 Å². The molecule has 0 aliphatic carbocycles. The van der Waals surface area contributed by atoms with Crippen LogP contribution in [0.25, 0.3) is 0 Å². The highest BCUT2D eigenvalue weighted by Crippen LogP contribution is 2.31. The zero-order valence-corrected chi connectivity index (χ0v) is 15.5. The van der Waals surface area contributed by atoms with Crippen LogP contribution in [0.3, 0.4) is 0 Å². The number of carbonyl (C=O) groups excluding carboxylic acids is 3. The minimum atomic E-state index is -1.03. The molecule has 2 fully saturated rings. The van der Waals surface area contributed by atoms with Crippen molar-refractivity contribution in [3.63, 3.8) is 0 Å². The number of hydrogen-bond donors (Lipinski definition) is 2. The standard InChI is InChI=1S/C19H24FN3O4/c1-19(17(25)21-18(26)22-19)8-5-16(24)23-9-6-12(7-10-23)13-3-4-14(20)15(11-13)27-2/h3-4,11-12H,5-10H2,1-2H3,(H2,21,22,25,26). The smallest absolute Gasteiger partial charge is 0.322 e. The van der Waals surface area contributed by atoms with Crippen molar-refractivity contribution in [1.29, 1.82) is 0 Å². The maximum absolute atomic E-state index is 13.6. The predicted octanol–water partition coefficient (Wildman–Crippen LogP) is 1.92. The second-order valence-corrected chi connectivity index (χ2v) is 7.29. The van der Waals surface area contributed by atoms with Crippen LogP contribution in [0.1, 0.15) is 44.1 Å². The maximum Gasteiger partial charge on any atom is 0.322 e. The molecule has 2 heterocycles. The van der Waals surface area contributed by atoms with Crippen LogP contribution in [0.15, 0.2) is 18.2 Å². The van der Waals surface area contributed by atoms with Gasteiger partial charge in [-0.2, -0.15) is 0 Å². The Morgan fingerprint density at radius 2 is 2.04 bits per heavy atom. The summed E-state index contributed by atoms with van der Waals surface area (Å²) in [4.78, 5) is 37.4. The molecule has 0 aromatic heterocycles. The molecule has 0 saturated carbocycles. The van der Waals surface area contributed by atoms with Gasteiger partial charge in [0, 0.05) is 19.5 Å². The molecule has 0 spiro atoms. The molecular weight excluding hydrogens is 353 g/mol. The second kappa shape index (κ2) is 7.54. The van der Waals surface area contributed by atoms with E-state index >= 15 is 0 Å². The highest BCUT2D eigenvalue weighted by atomic mass is 19.1. The fourth-order valence-electron chi connectivity index (χ4n) is 3.66. The molecule has 2 saturated heterocycles. The Hall–Kier alpha value is -2.64. The van der Waals surface area contributed by atoms with Crippen LogP contribution in [0.5, 0.6) is 5.75 Å². The lowest BCUT2D eigenvalue weighted by molar-refractivity contribution is -0.133. The third kappa shape index (κ3) is 4.04. The molecule has 27 heavy (non-hydrogen) atoms. The van der Waals surface area contributed by atoms with E-state index in [9.17, 15) is 18.8 Å². The fraction of sp³-hybridized carbons (Fsp3) is 0.526. The average Bonchev–Trinajstić information content (AvgIpc) is 2.92. The Morgan fingerprint density at radius 1 is 1.33 bits per heavy atom. The monoisotopic (exact) mass is 377 g/mol. The number of hydrogen-bond acceptors (Lipinski definition) is 4. The van der Waals surface area contributed by atoms with Gasteiger partial charge in [0.25, 0.3) is 5.91 Å². The summed E-state index contributed by atoms with van der Waals surface area (Å²) < 4.78 is 18.6. The molecule has 146 valence electrons. The molecule has 1 atom stereocenters. The topological polar surface area (TPSA) is 87.7 Å². The molecule has 2 aliphatic heterocycles. The number of imide groups is 1. The van der Waals surface area contributed by atoms with Gasteiger partial charge in [-0.1, -0.05) is 6.07 Å². The number of nitrogens with zero attached hydrogens (tertiary/aromatic N) is 1. The summed E-state index contributed by atoms with van der Waals surface area (Å²) in [5.74, 6) is -0.327. The zero-order valence-electron chi connectivity index (χ0n) is 15.5. The number of rotatable bonds is 5. The average molecular weight is 377 g/mol. The summed E-state index contributed by atoms with van der Waals surface area (Å²) in [7, 11) is 1.44. The number of methoxy groups -OCH3 is 1. The van der Waals surface area contributed by atoms with Gasteiger partial charge in [0.1, 0.15) is 5.54 Å². The molecule has 0 radical (unpaired) electrons. The highest BCUT2D eigenvalue weighted by molar-refractivity contribution is 6.06. The van der Waals surface area contributed by atoms with E-state index in [1.54, 1.807) is 24.0 Å². The number of amides is 4. The molecule has 1 aromatic rings. The Kier molecular flexibility index (Phi) is 5.34. The highest BCUT2D eigenvalue weighted by Gasteiger charge is 2.42.